The molecular weight excluding hydrogens is 877 g/mol. The summed E-state index contributed by atoms with van der Waals surface area (Å²) in [7, 11) is 0. The van der Waals surface area contributed by atoms with Crippen molar-refractivity contribution in [3.05, 3.63) is 97.2 Å². The zero-order valence-electron chi connectivity index (χ0n) is 46.5. The first-order valence-corrected chi connectivity index (χ1v) is 29.7. The number of hydrogen-bond donors (Lipinski definition) is 0. The molecule has 0 N–H and O–H groups in total. The highest BCUT2D eigenvalue weighted by Crippen LogP contribution is 2.15. The summed E-state index contributed by atoms with van der Waals surface area (Å²) in [5, 5.41) is 0. The molecule has 406 valence electrons. The largest absolute Gasteiger partial charge is 0.462 e. The second kappa shape index (κ2) is 58.9. The molecule has 1 unspecified atom stereocenters. The second-order valence-electron chi connectivity index (χ2n) is 19.5. The summed E-state index contributed by atoms with van der Waals surface area (Å²) < 4.78 is 16.9. The Kier molecular flexibility index (Phi) is 55.9. The fourth-order valence-corrected chi connectivity index (χ4v) is 8.08. The summed E-state index contributed by atoms with van der Waals surface area (Å²) in [4.78, 5) is 38.2. The molecule has 0 aromatic carbocycles. The number of allylic oxidation sites excluding steroid dienone is 16. The van der Waals surface area contributed by atoms with Crippen LogP contribution < -0.4 is 0 Å². The van der Waals surface area contributed by atoms with Gasteiger partial charge in [-0.2, -0.15) is 0 Å². The van der Waals surface area contributed by atoms with Crippen LogP contribution in [0.5, 0.6) is 0 Å². The maximum atomic E-state index is 12.9. The van der Waals surface area contributed by atoms with E-state index in [4.69, 9.17) is 14.2 Å². The molecule has 0 spiro atoms. The van der Waals surface area contributed by atoms with Crippen LogP contribution in [0.4, 0.5) is 0 Å². The van der Waals surface area contributed by atoms with Gasteiger partial charge in [-0.15, -0.1) is 0 Å². The first kappa shape index (κ1) is 67.3. The van der Waals surface area contributed by atoms with E-state index < -0.39 is 6.10 Å². The first-order valence-electron chi connectivity index (χ1n) is 29.7. The monoisotopic (exact) mass is 987 g/mol. The van der Waals surface area contributed by atoms with Crippen molar-refractivity contribution in [2.24, 2.45) is 0 Å². The summed E-state index contributed by atoms with van der Waals surface area (Å²) in [5.74, 6) is -0.914. The zero-order valence-corrected chi connectivity index (χ0v) is 46.5. The van der Waals surface area contributed by atoms with Crippen LogP contribution >= 0.6 is 0 Å². The van der Waals surface area contributed by atoms with E-state index in [1.807, 2.05) is 0 Å². The van der Waals surface area contributed by atoms with Crippen molar-refractivity contribution in [2.45, 2.75) is 284 Å². The molecule has 6 heteroatoms. The lowest BCUT2D eigenvalue weighted by molar-refractivity contribution is -0.167. The van der Waals surface area contributed by atoms with Gasteiger partial charge in [0.25, 0.3) is 0 Å². The summed E-state index contributed by atoms with van der Waals surface area (Å²) >= 11 is 0. The molecule has 1 atom stereocenters. The number of unbranched alkanes of at least 4 members (excludes halogenated alkanes) is 26. The molecule has 0 aromatic heterocycles. The van der Waals surface area contributed by atoms with Gasteiger partial charge in [-0.05, 0) is 122 Å². The molecule has 0 aliphatic carbocycles. The molecule has 0 aliphatic rings. The number of carbonyl (C=O) groups is 3. The number of ether oxygens (including phenoxy) is 3. The molecule has 0 aliphatic heterocycles. The average Bonchev–Trinajstić information content (AvgIpc) is 3.37. The maximum Gasteiger partial charge on any atom is 0.306 e. The van der Waals surface area contributed by atoms with E-state index in [9.17, 15) is 14.4 Å². The van der Waals surface area contributed by atoms with E-state index in [1.54, 1.807) is 0 Å². The Balaban J connectivity index is 4.34. The van der Waals surface area contributed by atoms with Crippen LogP contribution in [0.1, 0.15) is 278 Å². The summed E-state index contributed by atoms with van der Waals surface area (Å²) in [6, 6.07) is 0. The standard InChI is InChI=1S/C65H110O6/c1-4-7-10-13-16-19-22-25-27-29-30-31-32-33-34-35-36-37-39-40-43-46-49-52-55-58-64(67)70-61-62(60-69-63(66)57-54-51-48-45-42-24-21-18-15-12-9-6-3)71-65(68)59-56-53-50-47-44-41-38-28-26-23-20-17-14-11-8-5-2/h7,10,16,18-21,23,25,27-28,30-31,33-34,38,62H,4-6,8-9,11-15,17,22,24,26,29,32,35-37,39-61H2,1-3H3/b10-7-,19-16-,21-18-,23-20-,27-25-,31-30-,34-33-,38-28-. The number of esters is 3. The first-order chi connectivity index (χ1) is 35.0. The van der Waals surface area contributed by atoms with Gasteiger partial charge in [0.2, 0.25) is 0 Å². The van der Waals surface area contributed by atoms with Gasteiger partial charge in [0.05, 0.1) is 0 Å². The smallest absolute Gasteiger partial charge is 0.306 e. The van der Waals surface area contributed by atoms with Crippen LogP contribution in [-0.2, 0) is 28.6 Å². The van der Waals surface area contributed by atoms with E-state index in [0.29, 0.717) is 19.3 Å². The van der Waals surface area contributed by atoms with E-state index in [2.05, 4.69) is 118 Å². The summed E-state index contributed by atoms with van der Waals surface area (Å²) in [6.07, 6.45) is 78.3. The fraction of sp³-hybridized carbons (Fsp3) is 0.708. The van der Waals surface area contributed by atoms with Gasteiger partial charge >= 0.3 is 17.9 Å². The quantitative estimate of drug-likeness (QED) is 0.0261. The molecule has 0 saturated carbocycles. The Bertz CT molecular complexity index is 1410. The molecule has 0 amide bonds. The van der Waals surface area contributed by atoms with Crippen LogP contribution in [0.3, 0.4) is 0 Å². The highest BCUT2D eigenvalue weighted by atomic mass is 16.6. The van der Waals surface area contributed by atoms with Crippen molar-refractivity contribution in [2.75, 3.05) is 13.2 Å². The number of hydrogen-bond acceptors (Lipinski definition) is 6. The van der Waals surface area contributed by atoms with Gasteiger partial charge < -0.3 is 14.2 Å². The maximum absolute atomic E-state index is 12.9. The average molecular weight is 988 g/mol. The minimum absolute atomic E-state index is 0.0890. The van der Waals surface area contributed by atoms with E-state index in [-0.39, 0.29) is 31.1 Å². The third kappa shape index (κ3) is 57.1. The Morgan fingerprint density at radius 1 is 0.296 bits per heavy atom. The lowest BCUT2D eigenvalue weighted by atomic mass is 10.1. The minimum Gasteiger partial charge on any atom is -0.462 e. The van der Waals surface area contributed by atoms with Gasteiger partial charge in [0, 0.05) is 19.3 Å². The third-order valence-electron chi connectivity index (χ3n) is 12.5. The molecule has 6 nitrogen and oxygen atoms in total. The molecule has 0 radical (unpaired) electrons. The predicted molar refractivity (Wildman–Crippen MR) is 307 cm³/mol. The van der Waals surface area contributed by atoms with E-state index >= 15 is 0 Å². The molecule has 0 saturated heterocycles. The Morgan fingerprint density at radius 3 is 0.901 bits per heavy atom. The third-order valence-corrected chi connectivity index (χ3v) is 12.5. The Morgan fingerprint density at radius 2 is 0.549 bits per heavy atom. The van der Waals surface area contributed by atoms with Crippen molar-refractivity contribution in [3.63, 3.8) is 0 Å². The molecule has 0 fully saturated rings. The van der Waals surface area contributed by atoms with Crippen LogP contribution in [-0.4, -0.2) is 37.2 Å². The van der Waals surface area contributed by atoms with Crippen molar-refractivity contribution in [3.8, 4) is 0 Å². The van der Waals surface area contributed by atoms with Crippen molar-refractivity contribution >= 4 is 17.9 Å². The predicted octanol–water partition coefficient (Wildman–Crippen LogP) is 20.1. The lowest BCUT2D eigenvalue weighted by Gasteiger charge is -2.18. The number of carbonyl (C=O) groups excluding carboxylic acids is 3. The highest BCUT2D eigenvalue weighted by molar-refractivity contribution is 5.71. The van der Waals surface area contributed by atoms with Crippen LogP contribution in [0.25, 0.3) is 0 Å². The number of rotatable bonds is 53. The van der Waals surface area contributed by atoms with Gasteiger partial charge in [-0.3, -0.25) is 14.4 Å². The van der Waals surface area contributed by atoms with Gasteiger partial charge in [0.1, 0.15) is 13.2 Å². The van der Waals surface area contributed by atoms with Crippen LogP contribution in [0, 0.1) is 0 Å². The normalized spacial score (nSPS) is 12.8. The minimum atomic E-state index is -0.791. The van der Waals surface area contributed by atoms with Gasteiger partial charge in [0.15, 0.2) is 6.10 Å². The van der Waals surface area contributed by atoms with Crippen molar-refractivity contribution in [1.29, 1.82) is 0 Å². The van der Waals surface area contributed by atoms with E-state index in [0.717, 1.165) is 128 Å². The lowest BCUT2D eigenvalue weighted by Crippen LogP contribution is -2.30. The summed E-state index contributed by atoms with van der Waals surface area (Å²) in [6.45, 7) is 6.47. The Labute approximate surface area is 438 Å². The van der Waals surface area contributed by atoms with Crippen LogP contribution in [0.15, 0.2) is 97.2 Å². The van der Waals surface area contributed by atoms with E-state index in [1.165, 1.54) is 109 Å². The van der Waals surface area contributed by atoms with Gasteiger partial charge in [-0.25, -0.2) is 0 Å². The zero-order chi connectivity index (χ0) is 51.4. The molecule has 0 rings (SSSR count). The van der Waals surface area contributed by atoms with Crippen LogP contribution in [0.2, 0.25) is 0 Å². The highest BCUT2D eigenvalue weighted by Gasteiger charge is 2.19. The van der Waals surface area contributed by atoms with Gasteiger partial charge in [-0.1, -0.05) is 234 Å². The van der Waals surface area contributed by atoms with Crippen molar-refractivity contribution < 1.29 is 28.6 Å². The second-order valence-corrected chi connectivity index (χ2v) is 19.5. The van der Waals surface area contributed by atoms with Crippen molar-refractivity contribution in [1.82, 2.24) is 0 Å². The molecule has 0 heterocycles. The molecule has 0 bridgehead atoms. The molecule has 0 aromatic rings. The topological polar surface area (TPSA) is 78.9 Å². The molecule has 71 heavy (non-hydrogen) atoms. The fourth-order valence-electron chi connectivity index (χ4n) is 8.08. The summed E-state index contributed by atoms with van der Waals surface area (Å²) in [5.41, 5.74) is 0. The SMILES string of the molecule is CC/C=C\C/C=C\C/C=C\C/C=C\C/C=C\CCCCCCCCCCCC(=O)OCC(COC(=O)CCCCCCC/C=C\CCCCC)OC(=O)CCCCCCC/C=C\C/C=C\CCCCCC. The Hall–Kier alpha value is -3.67. The molecular formula is C65H110O6.